The molecule has 2 aromatic rings. The van der Waals surface area contributed by atoms with E-state index in [4.69, 9.17) is 5.73 Å². The molecular formula is C14H11BrF3N. The van der Waals surface area contributed by atoms with Crippen LogP contribution in [0.1, 0.15) is 17.2 Å². The summed E-state index contributed by atoms with van der Waals surface area (Å²) in [5.74, 6) is -2.35. The second-order valence-electron chi connectivity index (χ2n) is 4.16. The summed E-state index contributed by atoms with van der Waals surface area (Å²) >= 11 is 3.21. The molecule has 0 aliphatic carbocycles. The van der Waals surface area contributed by atoms with Gasteiger partial charge in [0, 0.05) is 16.1 Å². The van der Waals surface area contributed by atoms with E-state index < -0.39 is 23.5 Å². The van der Waals surface area contributed by atoms with Gasteiger partial charge >= 0.3 is 0 Å². The Morgan fingerprint density at radius 1 is 1.00 bits per heavy atom. The Hall–Kier alpha value is -1.33. The molecule has 0 aromatic heterocycles. The number of hydrogen-bond acceptors (Lipinski definition) is 1. The van der Waals surface area contributed by atoms with Crippen molar-refractivity contribution in [2.45, 2.75) is 12.5 Å². The minimum atomic E-state index is -0.939. The zero-order valence-electron chi connectivity index (χ0n) is 9.84. The molecule has 2 N–H and O–H groups in total. The van der Waals surface area contributed by atoms with Crippen LogP contribution in [0.2, 0.25) is 0 Å². The predicted octanol–water partition coefficient (Wildman–Crippen LogP) is 4.11. The first-order valence-corrected chi connectivity index (χ1v) is 6.42. The lowest BCUT2D eigenvalue weighted by Gasteiger charge is -2.15. The van der Waals surface area contributed by atoms with E-state index in [-0.39, 0.29) is 17.5 Å². The Balaban J connectivity index is 2.31. The normalized spacial score (nSPS) is 12.5. The molecule has 0 aliphatic rings. The van der Waals surface area contributed by atoms with Crippen molar-refractivity contribution < 1.29 is 13.2 Å². The SMILES string of the molecule is NC(Cc1cccc(F)c1F)c1c(F)cccc1Br. The summed E-state index contributed by atoms with van der Waals surface area (Å²) in [7, 11) is 0. The van der Waals surface area contributed by atoms with Gasteiger partial charge in [-0.25, -0.2) is 13.2 Å². The van der Waals surface area contributed by atoms with Gasteiger partial charge in [-0.05, 0) is 30.2 Å². The fourth-order valence-corrected chi connectivity index (χ4v) is 2.55. The van der Waals surface area contributed by atoms with Gasteiger partial charge in [0.1, 0.15) is 5.82 Å². The van der Waals surface area contributed by atoms with Gasteiger partial charge in [-0.2, -0.15) is 0 Å². The Morgan fingerprint density at radius 2 is 1.63 bits per heavy atom. The molecular weight excluding hydrogens is 319 g/mol. The molecule has 2 rings (SSSR count). The lowest BCUT2D eigenvalue weighted by Crippen LogP contribution is -2.16. The first-order chi connectivity index (χ1) is 9.00. The van der Waals surface area contributed by atoms with Crippen molar-refractivity contribution >= 4 is 15.9 Å². The highest BCUT2D eigenvalue weighted by Crippen LogP contribution is 2.28. The molecule has 1 nitrogen and oxygen atoms in total. The van der Waals surface area contributed by atoms with Crippen LogP contribution >= 0.6 is 15.9 Å². The Bertz CT molecular complexity index is 581. The van der Waals surface area contributed by atoms with Crippen LogP contribution in [0.3, 0.4) is 0 Å². The van der Waals surface area contributed by atoms with Gasteiger partial charge in [0.15, 0.2) is 11.6 Å². The number of nitrogens with two attached hydrogens (primary N) is 1. The van der Waals surface area contributed by atoms with Gasteiger partial charge < -0.3 is 5.73 Å². The molecule has 2 aromatic carbocycles. The zero-order chi connectivity index (χ0) is 14.0. The highest BCUT2D eigenvalue weighted by Gasteiger charge is 2.18. The second-order valence-corrected chi connectivity index (χ2v) is 5.01. The van der Waals surface area contributed by atoms with Gasteiger partial charge in [-0.15, -0.1) is 0 Å². The molecule has 0 saturated carbocycles. The lowest BCUT2D eigenvalue weighted by molar-refractivity contribution is 0.492. The standard InChI is InChI=1S/C14H11BrF3N/c15-9-4-2-5-10(16)13(9)12(19)7-8-3-1-6-11(17)14(8)18/h1-6,12H,7,19H2. The van der Waals surface area contributed by atoms with Crippen LogP contribution in [-0.4, -0.2) is 0 Å². The van der Waals surface area contributed by atoms with Gasteiger partial charge in [0.25, 0.3) is 0 Å². The third kappa shape index (κ3) is 2.98. The van der Waals surface area contributed by atoms with E-state index in [1.165, 1.54) is 18.2 Å². The molecule has 0 spiro atoms. The summed E-state index contributed by atoms with van der Waals surface area (Å²) in [4.78, 5) is 0. The highest BCUT2D eigenvalue weighted by molar-refractivity contribution is 9.10. The highest BCUT2D eigenvalue weighted by atomic mass is 79.9. The first-order valence-electron chi connectivity index (χ1n) is 5.63. The van der Waals surface area contributed by atoms with E-state index >= 15 is 0 Å². The molecule has 0 bridgehead atoms. The molecule has 0 heterocycles. The topological polar surface area (TPSA) is 26.0 Å². The molecule has 0 fully saturated rings. The summed E-state index contributed by atoms with van der Waals surface area (Å²) in [6.45, 7) is 0. The van der Waals surface area contributed by atoms with Crippen molar-refractivity contribution in [3.63, 3.8) is 0 Å². The van der Waals surface area contributed by atoms with Gasteiger partial charge in [-0.1, -0.05) is 34.1 Å². The van der Waals surface area contributed by atoms with Crippen LogP contribution in [0, 0.1) is 17.5 Å². The van der Waals surface area contributed by atoms with Crippen molar-refractivity contribution in [2.75, 3.05) is 0 Å². The lowest BCUT2D eigenvalue weighted by atomic mass is 9.99. The van der Waals surface area contributed by atoms with Crippen LogP contribution in [0.4, 0.5) is 13.2 Å². The van der Waals surface area contributed by atoms with E-state index in [9.17, 15) is 13.2 Å². The molecule has 0 aliphatic heterocycles. The third-order valence-corrected chi connectivity index (χ3v) is 3.53. The molecule has 1 unspecified atom stereocenters. The van der Waals surface area contributed by atoms with Crippen LogP contribution in [0.15, 0.2) is 40.9 Å². The summed E-state index contributed by atoms with van der Waals surface area (Å²) in [6.07, 6.45) is 0.0170. The number of halogens is 4. The maximum atomic E-state index is 13.7. The predicted molar refractivity (Wildman–Crippen MR) is 71.1 cm³/mol. The molecule has 0 radical (unpaired) electrons. The van der Waals surface area contributed by atoms with Crippen LogP contribution in [0.5, 0.6) is 0 Å². The molecule has 100 valence electrons. The summed E-state index contributed by atoms with van der Waals surface area (Å²) in [5.41, 5.74) is 6.27. The molecule has 1 atom stereocenters. The van der Waals surface area contributed by atoms with Gasteiger partial charge in [0.2, 0.25) is 0 Å². The monoisotopic (exact) mass is 329 g/mol. The maximum absolute atomic E-state index is 13.7. The van der Waals surface area contributed by atoms with E-state index in [1.54, 1.807) is 12.1 Å². The number of hydrogen-bond donors (Lipinski definition) is 1. The summed E-state index contributed by atoms with van der Waals surface area (Å²) in [6, 6.07) is 7.58. The van der Waals surface area contributed by atoms with E-state index in [0.717, 1.165) is 6.07 Å². The molecule has 5 heteroatoms. The van der Waals surface area contributed by atoms with Crippen LogP contribution in [0.25, 0.3) is 0 Å². The average molecular weight is 330 g/mol. The zero-order valence-corrected chi connectivity index (χ0v) is 11.4. The van der Waals surface area contributed by atoms with Gasteiger partial charge in [-0.3, -0.25) is 0 Å². The van der Waals surface area contributed by atoms with E-state index in [1.807, 2.05) is 0 Å². The summed E-state index contributed by atoms with van der Waals surface area (Å²) in [5, 5.41) is 0. The van der Waals surface area contributed by atoms with Crippen molar-refractivity contribution in [1.29, 1.82) is 0 Å². The first kappa shape index (κ1) is 14.1. The van der Waals surface area contributed by atoms with Crippen molar-refractivity contribution in [3.05, 3.63) is 69.4 Å². The van der Waals surface area contributed by atoms with Crippen molar-refractivity contribution in [1.82, 2.24) is 0 Å². The fraction of sp³-hybridized carbons (Fsp3) is 0.143. The Morgan fingerprint density at radius 3 is 2.32 bits per heavy atom. The summed E-state index contributed by atoms with van der Waals surface area (Å²) < 4.78 is 40.9. The van der Waals surface area contributed by atoms with Crippen LogP contribution in [-0.2, 0) is 6.42 Å². The Kier molecular flexibility index (Phi) is 4.27. The van der Waals surface area contributed by atoms with Crippen molar-refractivity contribution in [2.24, 2.45) is 5.73 Å². The largest absolute Gasteiger partial charge is 0.324 e. The van der Waals surface area contributed by atoms with Gasteiger partial charge in [0.05, 0.1) is 0 Å². The molecule has 0 saturated heterocycles. The maximum Gasteiger partial charge on any atom is 0.162 e. The fourth-order valence-electron chi connectivity index (χ4n) is 1.91. The van der Waals surface area contributed by atoms with E-state index in [0.29, 0.717) is 4.47 Å². The Labute approximate surface area is 117 Å². The molecule has 19 heavy (non-hydrogen) atoms. The number of rotatable bonds is 3. The average Bonchev–Trinajstić information content (AvgIpc) is 2.35. The van der Waals surface area contributed by atoms with Crippen molar-refractivity contribution in [3.8, 4) is 0 Å². The quantitative estimate of drug-likeness (QED) is 0.901. The molecule has 0 amide bonds. The minimum Gasteiger partial charge on any atom is -0.324 e. The third-order valence-electron chi connectivity index (χ3n) is 2.84. The number of benzene rings is 2. The minimum absolute atomic E-state index is 0.0170. The smallest absolute Gasteiger partial charge is 0.162 e. The van der Waals surface area contributed by atoms with E-state index in [2.05, 4.69) is 15.9 Å². The van der Waals surface area contributed by atoms with Crippen LogP contribution < -0.4 is 5.73 Å². The second kappa shape index (κ2) is 5.75.